The lowest BCUT2D eigenvalue weighted by atomic mass is 10.2. The first-order valence-electron chi connectivity index (χ1n) is 5.11. The van der Waals surface area contributed by atoms with Crippen LogP contribution >= 0.6 is 0 Å². The Morgan fingerprint density at radius 1 is 1.43 bits per heavy atom. The van der Waals surface area contributed by atoms with Crippen LogP contribution in [0.1, 0.15) is 19.0 Å². The summed E-state index contributed by atoms with van der Waals surface area (Å²) in [7, 11) is 4.10. The number of anilines is 2. The highest BCUT2D eigenvalue weighted by molar-refractivity contribution is 5.69. The molecule has 1 aromatic heterocycles. The van der Waals surface area contributed by atoms with Crippen molar-refractivity contribution in [2.24, 2.45) is 7.05 Å². The number of nitrogens with one attached hydrogen (secondary N) is 1. The largest absolute Gasteiger partial charge is 0.380 e. The van der Waals surface area contributed by atoms with E-state index >= 15 is 0 Å². The molecular formula is C10H18N4. The maximum Gasteiger partial charge on any atom is 0.174 e. The molecule has 0 radical (unpaired) electrons. The summed E-state index contributed by atoms with van der Waals surface area (Å²) < 4.78 is 1.94. The van der Waals surface area contributed by atoms with E-state index in [0.29, 0.717) is 6.04 Å². The van der Waals surface area contributed by atoms with Gasteiger partial charge in [0.2, 0.25) is 0 Å². The van der Waals surface area contributed by atoms with Crippen LogP contribution in [-0.4, -0.2) is 29.4 Å². The van der Waals surface area contributed by atoms with Crippen molar-refractivity contribution in [1.29, 1.82) is 0 Å². The molecule has 2 heterocycles. The lowest BCUT2D eigenvalue weighted by Gasteiger charge is -2.22. The molecule has 78 valence electrons. The number of hydrogen-bond acceptors (Lipinski definition) is 3. The predicted molar refractivity (Wildman–Crippen MR) is 58.9 cm³/mol. The second-order valence-corrected chi connectivity index (χ2v) is 4.08. The maximum absolute atomic E-state index is 4.52. The zero-order valence-corrected chi connectivity index (χ0v) is 9.33. The minimum atomic E-state index is 0.554. The molecule has 1 atom stereocenters. The summed E-state index contributed by atoms with van der Waals surface area (Å²) in [4.78, 5) is 2.25. The fourth-order valence-electron chi connectivity index (χ4n) is 1.85. The molecule has 1 N–H and O–H groups in total. The molecule has 0 saturated heterocycles. The molecule has 1 aliphatic heterocycles. The second-order valence-electron chi connectivity index (χ2n) is 4.08. The predicted octanol–water partition coefficient (Wildman–Crippen LogP) is 1.37. The molecule has 0 amide bonds. The van der Waals surface area contributed by atoms with Gasteiger partial charge in [0.05, 0.1) is 5.69 Å². The maximum atomic E-state index is 4.52. The van der Waals surface area contributed by atoms with Gasteiger partial charge in [0.1, 0.15) is 5.69 Å². The normalized spacial score (nSPS) is 21.4. The first kappa shape index (κ1) is 9.37. The highest BCUT2D eigenvalue weighted by atomic mass is 15.4. The molecule has 0 aliphatic carbocycles. The van der Waals surface area contributed by atoms with Crippen LogP contribution in [0.15, 0.2) is 0 Å². The van der Waals surface area contributed by atoms with Crippen LogP contribution in [-0.2, 0) is 7.05 Å². The van der Waals surface area contributed by atoms with Gasteiger partial charge in [-0.15, -0.1) is 0 Å². The third-order valence-corrected chi connectivity index (χ3v) is 3.17. The summed E-state index contributed by atoms with van der Waals surface area (Å²) in [6, 6.07) is 0.554. The van der Waals surface area contributed by atoms with Crippen molar-refractivity contribution in [2.45, 2.75) is 26.3 Å². The van der Waals surface area contributed by atoms with Gasteiger partial charge in [0.15, 0.2) is 5.82 Å². The van der Waals surface area contributed by atoms with Gasteiger partial charge < -0.3 is 10.2 Å². The molecule has 4 heteroatoms. The number of nitrogens with zero attached hydrogens (tertiary/aromatic N) is 3. The molecule has 0 spiro atoms. The Bertz CT molecular complexity index is 342. The number of aryl methyl sites for hydroxylation is 1. The molecule has 1 aromatic rings. The summed E-state index contributed by atoms with van der Waals surface area (Å²) in [5, 5.41) is 7.97. The Hall–Kier alpha value is -1.19. The SMILES string of the molecule is Cc1c2c(nn1C)N(C)C(C)CCN2. The van der Waals surface area contributed by atoms with Crippen LogP contribution in [0.3, 0.4) is 0 Å². The van der Waals surface area contributed by atoms with Crippen molar-refractivity contribution in [3.8, 4) is 0 Å². The summed E-state index contributed by atoms with van der Waals surface area (Å²) in [6.07, 6.45) is 1.16. The summed E-state index contributed by atoms with van der Waals surface area (Å²) >= 11 is 0. The lowest BCUT2D eigenvalue weighted by molar-refractivity contribution is 0.637. The highest BCUT2D eigenvalue weighted by Gasteiger charge is 2.22. The average Bonchev–Trinajstić information content (AvgIpc) is 2.35. The first-order chi connectivity index (χ1) is 6.61. The quantitative estimate of drug-likeness (QED) is 0.677. The minimum Gasteiger partial charge on any atom is -0.380 e. The molecule has 0 saturated carbocycles. The van der Waals surface area contributed by atoms with E-state index in [2.05, 4.69) is 36.2 Å². The molecule has 0 bridgehead atoms. The van der Waals surface area contributed by atoms with E-state index in [4.69, 9.17) is 0 Å². The van der Waals surface area contributed by atoms with Crippen LogP contribution in [0.25, 0.3) is 0 Å². The van der Waals surface area contributed by atoms with Gasteiger partial charge in [0, 0.05) is 26.7 Å². The molecule has 1 aliphatic rings. The van der Waals surface area contributed by atoms with Gasteiger partial charge in [-0.05, 0) is 20.3 Å². The van der Waals surface area contributed by atoms with Gasteiger partial charge in [-0.1, -0.05) is 0 Å². The third-order valence-electron chi connectivity index (χ3n) is 3.17. The molecule has 4 nitrogen and oxygen atoms in total. The molecule has 2 rings (SSSR count). The van der Waals surface area contributed by atoms with E-state index in [9.17, 15) is 0 Å². The van der Waals surface area contributed by atoms with E-state index < -0.39 is 0 Å². The van der Waals surface area contributed by atoms with Crippen LogP contribution in [0.2, 0.25) is 0 Å². The second kappa shape index (κ2) is 3.19. The van der Waals surface area contributed by atoms with E-state index in [1.165, 1.54) is 11.4 Å². The van der Waals surface area contributed by atoms with E-state index in [1.54, 1.807) is 0 Å². The van der Waals surface area contributed by atoms with Crippen molar-refractivity contribution in [3.05, 3.63) is 5.69 Å². The molecular weight excluding hydrogens is 176 g/mol. The van der Waals surface area contributed by atoms with Crippen LogP contribution < -0.4 is 10.2 Å². The van der Waals surface area contributed by atoms with Crippen LogP contribution in [0, 0.1) is 6.92 Å². The van der Waals surface area contributed by atoms with Gasteiger partial charge in [-0.2, -0.15) is 5.10 Å². The van der Waals surface area contributed by atoms with Crippen LogP contribution in [0.5, 0.6) is 0 Å². The van der Waals surface area contributed by atoms with Crippen molar-refractivity contribution in [3.63, 3.8) is 0 Å². The standard InChI is InChI=1S/C10H18N4/c1-7-5-6-11-9-8(2)14(4)12-10(9)13(7)3/h7,11H,5-6H2,1-4H3. The molecule has 1 unspecified atom stereocenters. The average molecular weight is 194 g/mol. The fraction of sp³-hybridized carbons (Fsp3) is 0.700. The van der Waals surface area contributed by atoms with Crippen molar-refractivity contribution >= 4 is 11.5 Å². The van der Waals surface area contributed by atoms with E-state index in [-0.39, 0.29) is 0 Å². The third kappa shape index (κ3) is 1.25. The number of hydrogen-bond donors (Lipinski definition) is 1. The summed E-state index contributed by atoms with van der Waals surface area (Å²) in [6.45, 7) is 5.37. The Morgan fingerprint density at radius 3 is 2.86 bits per heavy atom. The number of rotatable bonds is 0. The molecule has 0 fully saturated rings. The van der Waals surface area contributed by atoms with Gasteiger partial charge in [0.25, 0.3) is 0 Å². The molecule has 14 heavy (non-hydrogen) atoms. The van der Waals surface area contributed by atoms with Gasteiger partial charge >= 0.3 is 0 Å². The smallest absolute Gasteiger partial charge is 0.174 e. The topological polar surface area (TPSA) is 33.1 Å². The number of fused-ring (bicyclic) bond motifs is 1. The Balaban J connectivity index is 2.47. The lowest BCUT2D eigenvalue weighted by Crippen LogP contribution is -2.28. The molecule has 0 aromatic carbocycles. The monoisotopic (exact) mass is 194 g/mol. The first-order valence-corrected chi connectivity index (χ1v) is 5.11. The van der Waals surface area contributed by atoms with Crippen molar-refractivity contribution < 1.29 is 0 Å². The Labute approximate surface area is 84.9 Å². The summed E-state index contributed by atoms with van der Waals surface area (Å²) in [5.41, 5.74) is 2.40. The fourth-order valence-corrected chi connectivity index (χ4v) is 1.85. The van der Waals surface area contributed by atoms with E-state index in [1.807, 2.05) is 11.7 Å². The number of aromatic nitrogens is 2. The Morgan fingerprint density at radius 2 is 2.14 bits per heavy atom. The summed E-state index contributed by atoms with van der Waals surface area (Å²) in [5.74, 6) is 1.08. The minimum absolute atomic E-state index is 0.554. The van der Waals surface area contributed by atoms with E-state index in [0.717, 1.165) is 18.8 Å². The Kier molecular flexibility index (Phi) is 2.13. The zero-order valence-electron chi connectivity index (χ0n) is 9.33. The van der Waals surface area contributed by atoms with Gasteiger partial charge in [-0.25, -0.2) is 0 Å². The van der Waals surface area contributed by atoms with Crippen LogP contribution in [0.4, 0.5) is 11.5 Å². The van der Waals surface area contributed by atoms with Gasteiger partial charge in [-0.3, -0.25) is 4.68 Å². The van der Waals surface area contributed by atoms with Crippen molar-refractivity contribution in [2.75, 3.05) is 23.8 Å². The van der Waals surface area contributed by atoms with Crippen molar-refractivity contribution in [1.82, 2.24) is 9.78 Å². The zero-order chi connectivity index (χ0) is 10.3. The highest BCUT2D eigenvalue weighted by Crippen LogP contribution is 2.30.